The van der Waals surface area contributed by atoms with Crippen LogP contribution >= 0.6 is 23.5 Å². The molecule has 0 aliphatic rings. The van der Waals surface area contributed by atoms with Gasteiger partial charge in [0.05, 0.1) is 16.3 Å². The topological polar surface area (TPSA) is 52.0 Å². The Bertz CT molecular complexity index is 337. The van der Waals surface area contributed by atoms with E-state index in [1.54, 1.807) is 23.5 Å². The van der Waals surface area contributed by atoms with Crippen LogP contribution in [0.2, 0.25) is 0 Å². The molecule has 4 heteroatoms. The molecule has 2 nitrogen and oxygen atoms in total. The van der Waals surface area contributed by atoms with Crippen LogP contribution in [0.25, 0.3) is 0 Å². The Morgan fingerprint density at radius 3 is 2.43 bits per heavy atom. The van der Waals surface area contributed by atoms with E-state index < -0.39 is 0 Å². The lowest BCUT2D eigenvalue weighted by atomic mass is 10.2. The zero-order chi connectivity index (χ0) is 10.7. The van der Waals surface area contributed by atoms with Crippen molar-refractivity contribution in [1.82, 2.24) is 0 Å². The minimum Gasteiger partial charge on any atom is -0.398 e. The molecular weight excluding hydrogens is 212 g/mol. The van der Waals surface area contributed by atoms with Crippen LogP contribution in [0.4, 0.5) is 11.4 Å². The van der Waals surface area contributed by atoms with E-state index in [4.69, 9.17) is 11.5 Å². The van der Waals surface area contributed by atoms with Crippen LogP contribution in [0.3, 0.4) is 0 Å². The lowest BCUT2D eigenvalue weighted by Gasteiger charge is -2.13. The largest absolute Gasteiger partial charge is 0.398 e. The second-order valence-electron chi connectivity index (χ2n) is 2.99. The number of nitrogens with two attached hydrogens (primary N) is 2. The second kappa shape index (κ2) is 4.84. The molecule has 4 N–H and O–H groups in total. The second-order valence-corrected chi connectivity index (χ2v) is 5.11. The number of nitrogen functional groups attached to an aromatic ring is 2. The molecule has 0 saturated heterocycles. The van der Waals surface area contributed by atoms with E-state index in [9.17, 15) is 0 Å². The molecule has 0 unspecified atom stereocenters. The number of benzene rings is 1. The monoisotopic (exact) mass is 228 g/mol. The molecule has 1 rings (SSSR count). The fourth-order valence-corrected chi connectivity index (χ4v) is 2.89. The zero-order valence-electron chi connectivity index (χ0n) is 8.76. The first kappa shape index (κ1) is 11.6. The summed E-state index contributed by atoms with van der Waals surface area (Å²) in [7, 11) is 0. The maximum absolute atomic E-state index is 6.03. The van der Waals surface area contributed by atoms with Crippen LogP contribution in [0.1, 0.15) is 12.5 Å². The van der Waals surface area contributed by atoms with E-state index in [1.807, 2.05) is 13.2 Å². The maximum atomic E-state index is 6.03. The van der Waals surface area contributed by atoms with Gasteiger partial charge in [-0.05, 0) is 30.6 Å². The third kappa shape index (κ3) is 2.12. The SMILES string of the molecule is CCSc1cc(C)c(N)c(SC)c1N. The lowest BCUT2D eigenvalue weighted by molar-refractivity contribution is 1.28. The van der Waals surface area contributed by atoms with Crippen LogP contribution in [-0.4, -0.2) is 12.0 Å². The third-order valence-corrected chi connectivity index (χ3v) is 3.82. The molecule has 0 aliphatic heterocycles. The van der Waals surface area contributed by atoms with Crippen molar-refractivity contribution in [2.75, 3.05) is 23.5 Å². The van der Waals surface area contributed by atoms with Gasteiger partial charge in [0.15, 0.2) is 0 Å². The van der Waals surface area contributed by atoms with Crippen molar-refractivity contribution >= 4 is 34.9 Å². The van der Waals surface area contributed by atoms with E-state index in [2.05, 4.69) is 13.0 Å². The zero-order valence-corrected chi connectivity index (χ0v) is 10.4. The van der Waals surface area contributed by atoms with Gasteiger partial charge in [-0.2, -0.15) is 0 Å². The lowest BCUT2D eigenvalue weighted by Crippen LogP contribution is -1.99. The fraction of sp³-hybridized carbons (Fsp3) is 0.400. The summed E-state index contributed by atoms with van der Waals surface area (Å²) in [5.74, 6) is 1.03. The number of hydrogen-bond acceptors (Lipinski definition) is 4. The van der Waals surface area contributed by atoms with Gasteiger partial charge in [-0.1, -0.05) is 6.92 Å². The van der Waals surface area contributed by atoms with Crippen LogP contribution in [-0.2, 0) is 0 Å². The molecule has 1 aromatic carbocycles. The summed E-state index contributed by atoms with van der Waals surface area (Å²) in [5.41, 5.74) is 14.7. The summed E-state index contributed by atoms with van der Waals surface area (Å²) in [6.45, 7) is 4.14. The van der Waals surface area contributed by atoms with E-state index >= 15 is 0 Å². The summed E-state index contributed by atoms with van der Waals surface area (Å²) in [6, 6.07) is 2.07. The van der Waals surface area contributed by atoms with Gasteiger partial charge < -0.3 is 11.5 Å². The van der Waals surface area contributed by atoms with Gasteiger partial charge in [-0.15, -0.1) is 23.5 Å². The van der Waals surface area contributed by atoms with Crippen molar-refractivity contribution in [3.05, 3.63) is 11.6 Å². The normalized spacial score (nSPS) is 10.5. The van der Waals surface area contributed by atoms with Crippen LogP contribution in [0.15, 0.2) is 15.9 Å². The molecule has 1 aromatic rings. The first-order chi connectivity index (χ1) is 6.61. The number of hydrogen-bond donors (Lipinski definition) is 2. The van der Waals surface area contributed by atoms with Gasteiger partial charge in [0.25, 0.3) is 0 Å². The number of anilines is 2. The minimum absolute atomic E-state index is 0.815. The molecule has 14 heavy (non-hydrogen) atoms. The van der Waals surface area contributed by atoms with Crippen molar-refractivity contribution in [2.45, 2.75) is 23.6 Å². The van der Waals surface area contributed by atoms with Gasteiger partial charge >= 0.3 is 0 Å². The summed E-state index contributed by atoms with van der Waals surface area (Å²) in [6.07, 6.45) is 2.00. The van der Waals surface area contributed by atoms with Crippen molar-refractivity contribution in [2.24, 2.45) is 0 Å². The highest BCUT2D eigenvalue weighted by atomic mass is 32.2. The summed E-state index contributed by atoms with van der Waals surface area (Å²) >= 11 is 3.37. The van der Waals surface area contributed by atoms with Gasteiger partial charge in [-0.3, -0.25) is 0 Å². The Kier molecular flexibility index (Phi) is 4.01. The highest BCUT2D eigenvalue weighted by molar-refractivity contribution is 8.00. The van der Waals surface area contributed by atoms with Crippen molar-refractivity contribution in [3.63, 3.8) is 0 Å². The smallest absolute Gasteiger partial charge is 0.0611 e. The molecule has 0 radical (unpaired) electrons. The Morgan fingerprint density at radius 2 is 1.93 bits per heavy atom. The average molecular weight is 228 g/mol. The van der Waals surface area contributed by atoms with Crippen molar-refractivity contribution in [1.29, 1.82) is 0 Å². The number of thioether (sulfide) groups is 2. The van der Waals surface area contributed by atoms with E-state index in [0.717, 1.165) is 32.5 Å². The molecule has 0 heterocycles. The maximum Gasteiger partial charge on any atom is 0.0611 e. The van der Waals surface area contributed by atoms with E-state index in [1.165, 1.54) is 0 Å². The molecule has 0 aliphatic carbocycles. The predicted octanol–water partition coefficient (Wildman–Crippen LogP) is 2.99. The number of aryl methyl sites for hydroxylation is 1. The van der Waals surface area contributed by atoms with Gasteiger partial charge in [0, 0.05) is 4.90 Å². The van der Waals surface area contributed by atoms with E-state index in [-0.39, 0.29) is 0 Å². The molecule has 0 bridgehead atoms. The van der Waals surface area contributed by atoms with Gasteiger partial charge in [-0.25, -0.2) is 0 Å². The minimum atomic E-state index is 0.815. The molecule has 0 spiro atoms. The van der Waals surface area contributed by atoms with Crippen molar-refractivity contribution in [3.8, 4) is 0 Å². The molecule has 78 valence electrons. The predicted molar refractivity (Wildman–Crippen MR) is 68.2 cm³/mol. The summed E-state index contributed by atoms with van der Waals surface area (Å²) in [4.78, 5) is 2.16. The Morgan fingerprint density at radius 1 is 1.29 bits per heavy atom. The summed E-state index contributed by atoms with van der Waals surface area (Å²) in [5, 5.41) is 0. The van der Waals surface area contributed by atoms with Crippen LogP contribution in [0, 0.1) is 6.92 Å². The highest BCUT2D eigenvalue weighted by Gasteiger charge is 2.10. The fourth-order valence-electron chi connectivity index (χ4n) is 1.28. The molecule has 0 atom stereocenters. The molecule has 0 aromatic heterocycles. The Hall–Kier alpha value is -0.480. The highest BCUT2D eigenvalue weighted by Crippen LogP contribution is 2.38. The molecular formula is C10H16N2S2. The summed E-state index contributed by atoms with van der Waals surface area (Å²) < 4.78 is 0. The van der Waals surface area contributed by atoms with Crippen LogP contribution in [0.5, 0.6) is 0 Å². The first-order valence-corrected chi connectivity index (χ1v) is 6.68. The quantitative estimate of drug-likeness (QED) is 0.617. The molecule has 0 saturated carbocycles. The standard InChI is InChI=1S/C10H16N2S2/c1-4-14-7-5-6(2)8(11)10(13-3)9(7)12/h5H,4,11-12H2,1-3H3. The molecule has 0 fully saturated rings. The van der Waals surface area contributed by atoms with Crippen molar-refractivity contribution < 1.29 is 0 Å². The average Bonchev–Trinajstić information content (AvgIpc) is 2.16. The Balaban J connectivity index is 3.27. The molecule has 0 amide bonds. The number of rotatable bonds is 3. The van der Waals surface area contributed by atoms with E-state index in [0.29, 0.717) is 0 Å². The Labute approximate surface area is 93.8 Å². The van der Waals surface area contributed by atoms with Gasteiger partial charge in [0.2, 0.25) is 0 Å². The van der Waals surface area contributed by atoms with Gasteiger partial charge in [0.1, 0.15) is 0 Å². The van der Waals surface area contributed by atoms with Crippen LogP contribution < -0.4 is 11.5 Å². The first-order valence-electron chi connectivity index (χ1n) is 4.47. The third-order valence-electron chi connectivity index (χ3n) is 2.03.